The number of ether oxygens (including phenoxy) is 1. The summed E-state index contributed by atoms with van der Waals surface area (Å²) in [6, 6.07) is 4.26. The van der Waals surface area contributed by atoms with E-state index < -0.39 is 5.82 Å². The molecule has 1 amide bonds. The Balaban J connectivity index is 2.16. The lowest BCUT2D eigenvalue weighted by molar-refractivity contribution is -0.0706. The zero-order valence-corrected chi connectivity index (χ0v) is 13.5. The standard InChI is InChI=1S/C15H19BrFNO2/c1-15(2,3)13-9-18(4-5-20-13)14(19)10-6-11(16)8-12(17)7-10/h6-8,13H,4-5,9H2,1-3H3/t13-/m1/s1. The van der Waals surface area contributed by atoms with Crippen LogP contribution in [-0.2, 0) is 4.74 Å². The van der Waals surface area contributed by atoms with Crippen molar-refractivity contribution in [2.45, 2.75) is 26.9 Å². The van der Waals surface area contributed by atoms with Gasteiger partial charge in [-0.05, 0) is 23.6 Å². The first-order valence-corrected chi connectivity index (χ1v) is 7.43. The van der Waals surface area contributed by atoms with Gasteiger partial charge in [-0.1, -0.05) is 36.7 Å². The first-order chi connectivity index (χ1) is 9.27. The summed E-state index contributed by atoms with van der Waals surface area (Å²) in [6.45, 7) is 7.86. The molecule has 0 aliphatic carbocycles. The summed E-state index contributed by atoms with van der Waals surface area (Å²) in [5.74, 6) is -0.564. The monoisotopic (exact) mass is 343 g/mol. The van der Waals surface area contributed by atoms with Gasteiger partial charge in [0.1, 0.15) is 5.82 Å². The van der Waals surface area contributed by atoms with Gasteiger partial charge in [0.2, 0.25) is 0 Å². The molecule has 0 bridgehead atoms. The Hall–Kier alpha value is -0.940. The molecule has 1 aliphatic heterocycles. The van der Waals surface area contributed by atoms with Crippen molar-refractivity contribution in [3.05, 3.63) is 34.1 Å². The smallest absolute Gasteiger partial charge is 0.254 e. The van der Waals surface area contributed by atoms with E-state index in [1.54, 1.807) is 11.0 Å². The van der Waals surface area contributed by atoms with Crippen molar-refractivity contribution in [1.29, 1.82) is 0 Å². The van der Waals surface area contributed by atoms with Crippen LogP contribution in [0.3, 0.4) is 0 Å². The van der Waals surface area contributed by atoms with Crippen LogP contribution in [0.1, 0.15) is 31.1 Å². The van der Waals surface area contributed by atoms with Gasteiger partial charge in [0.05, 0.1) is 12.7 Å². The van der Waals surface area contributed by atoms with Crippen molar-refractivity contribution in [2.75, 3.05) is 19.7 Å². The van der Waals surface area contributed by atoms with Crippen molar-refractivity contribution in [3.63, 3.8) is 0 Å². The summed E-state index contributed by atoms with van der Waals surface area (Å²) in [4.78, 5) is 14.2. The summed E-state index contributed by atoms with van der Waals surface area (Å²) < 4.78 is 19.7. The molecule has 1 heterocycles. The molecule has 1 fully saturated rings. The lowest BCUT2D eigenvalue weighted by Crippen LogP contribution is -2.50. The van der Waals surface area contributed by atoms with Crippen molar-refractivity contribution in [2.24, 2.45) is 5.41 Å². The van der Waals surface area contributed by atoms with E-state index in [0.717, 1.165) is 0 Å². The van der Waals surface area contributed by atoms with Gasteiger partial charge in [-0.25, -0.2) is 4.39 Å². The summed E-state index contributed by atoms with van der Waals surface area (Å²) in [5, 5.41) is 0. The minimum absolute atomic E-state index is 0.00259. The van der Waals surface area contributed by atoms with Crippen molar-refractivity contribution < 1.29 is 13.9 Å². The fourth-order valence-corrected chi connectivity index (χ4v) is 2.68. The lowest BCUT2D eigenvalue weighted by atomic mass is 9.88. The number of carbonyl (C=O) groups is 1. The van der Waals surface area contributed by atoms with Crippen LogP contribution in [0.2, 0.25) is 0 Å². The Labute approximate surface area is 127 Å². The van der Waals surface area contributed by atoms with E-state index in [1.807, 2.05) is 0 Å². The molecular weight excluding hydrogens is 325 g/mol. The van der Waals surface area contributed by atoms with Crippen molar-refractivity contribution >= 4 is 21.8 Å². The Morgan fingerprint density at radius 1 is 1.40 bits per heavy atom. The zero-order chi connectivity index (χ0) is 14.9. The molecule has 110 valence electrons. The number of amides is 1. The number of halogens is 2. The normalized spacial score (nSPS) is 20.1. The van der Waals surface area contributed by atoms with E-state index >= 15 is 0 Å². The van der Waals surface area contributed by atoms with Gasteiger partial charge in [0, 0.05) is 23.1 Å². The number of carbonyl (C=O) groups excluding carboxylic acids is 1. The average molecular weight is 344 g/mol. The maximum absolute atomic E-state index is 13.4. The summed E-state index contributed by atoms with van der Waals surface area (Å²) in [7, 11) is 0. The Kier molecular flexibility index (Phi) is 4.49. The van der Waals surface area contributed by atoms with Gasteiger partial charge < -0.3 is 9.64 Å². The van der Waals surface area contributed by atoms with Gasteiger partial charge in [-0.15, -0.1) is 0 Å². The Morgan fingerprint density at radius 3 is 2.70 bits per heavy atom. The van der Waals surface area contributed by atoms with E-state index in [4.69, 9.17) is 4.74 Å². The third kappa shape index (κ3) is 3.58. The zero-order valence-electron chi connectivity index (χ0n) is 12.0. The Morgan fingerprint density at radius 2 is 2.10 bits per heavy atom. The molecule has 5 heteroatoms. The van der Waals surface area contributed by atoms with Gasteiger partial charge in [-0.3, -0.25) is 4.79 Å². The number of rotatable bonds is 1. The van der Waals surface area contributed by atoms with E-state index in [-0.39, 0.29) is 17.4 Å². The molecule has 3 nitrogen and oxygen atoms in total. The minimum atomic E-state index is -0.414. The van der Waals surface area contributed by atoms with Gasteiger partial charge in [-0.2, -0.15) is 0 Å². The molecule has 0 N–H and O–H groups in total. The molecule has 0 unspecified atom stereocenters. The second-order valence-corrected chi connectivity index (χ2v) is 7.05. The Bertz CT molecular complexity index is 493. The summed E-state index contributed by atoms with van der Waals surface area (Å²) >= 11 is 3.21. The second-order valence-electron chi connectivity index (χ2n) is 6.13. The van der Waals surface area contributed by atoms with E-state index in [2.05, 4.69) is 36.7 Å². The van der Waals surface area contributed by atoms with E-state index in [1.165, 1.54) is 12.1 Å². The van der Waals surface area contributed by atoms with Crippen molar-refractivity contribution in [3.8, 4) is 0 Å². The van der Waals surface area contributed by atoms with Crippen LogP contribution in [0.5, 0.6) is 0 Å². The fraction of sp³-hybridized carbons (Fsp3) is 0.533. The van der Waals surface area contributed by atoms with Crippen LogP contribution in [0, 0.1) is 11.2 Å². The molecule has 0 radical (unpaired) electrons. The molecular formula is C15H19BrFNO2. The predicted octanol–water partition coefficient (Wildman–Crippen LogP) is 3.48. The highest BCUT2D eigenvalue weighted by molar-refractivity contribution is 9.10. The molecule has 0 saturated carbocycles. The largest absolute Gasteiger partial charge is 0.374 e. The fourth-order valence-electron chi connectivity index (χ4n) is 2.22. The van der Waals surface area contributed by atoms with Crippen LogP contribution in [-0.4, -0.2) is 36.6 Å². The predicted molar refractivity (Wildman–Crippen MR) is 79.2 cm³/mol. The molecule has 20 heavy (non-hydrogen) atoms. The minimum Gasteiger partial charge on any atom is -0.374 e. The topological polar surface area (TPSA) is 29.5 Å². The number of nitrogens with zero attached hydrogens (tertiary/aromatic N) is 1. The molecule has 0 aromatic heterocycles. The number of hydrogen-bond acceptors (Lipinski definition) is 2. The molecule has 1 atom stereocenters. The SMILES string of the molecule is CC(C)(C)[C@H]1CN(C(=O)c2cc(F)cc(Br)c2)CCO1. The number of benzene rings is 1. The van der Waals surface area contributed by atoms with Gasteiger partial charge in [0.15, 0.2) is 0 Å². The number of morpholine rings is 1. The highest BCUT2D eigenvalue weighted by Crippen LogP contribution is 2.26. The van der Waals surface area contributed by atoms with Crippen LogP contribution in [0.25, 0.3) is 0 Å². The van der Waals surface area contributed by atoms with Gasteiger partial charge in [0.25, 0.3) is 5.91 Å². The molecule has 2 rings (SSSR count). The first-order valence-electron chi connectivity index (χ1n) is 6.64. The summed E-state index contributed by atoms with van der Waals surface area (Å²) in [5.41, 5.74) is 0.341. The second kappa shape index (κ2) is 5.82. The maximum atomic E-state index is 13.4. The average Bonchev–Trinajstić information content (AvgIpc) is 2.36. The first kappa shape index (κ1) is 15.4. The van der Waals surface area contributed by atoms with Crippen LogP contribution in [0.4, 0.5) is 4.39 Å². The maximum Gasteiger partial charge on any atom is 0.254 e. The molecule has 1 aromatic carbocycles. The van der Waals surface area contributed by atoms with Crippen LogP contribution < -0.4 is 0 Å². The van der Waals surface area contributed by atoms with Gasteiger partial charge >= 0.3 is 0 Å². The van der Waals surface area contributed by atoms with E-state index in [9.17, 15) is 9.18 Å². The van der Waals surface area contributed by atoms with E-state index in [0.29, 0.717) is 29.7 Å². The molecule has 0 spiro atoms. The molecule has 1 aromatic rings. The third-order valence-corrected chi connectivity index (χ3v) is 3.89. The highest BCUT2D eigenvalue weighted by Gasteiger charge is 2.32. The molecule has 1 saturated heterocycles. The quantitative estimate of drug-likeness (QED) is 0.781. The van der Waals surface area contributed by atoms with Crippen LogP contribution >= 0.6 is 15.9 Å². The van der Waals surface area contributed by atoms with Crippen molar-refractivity contribution in [1.82, 2.24) is 4.90 Å². The molecule has 1 aliphatic rings. The van der Waals surface area contributed by atoms with Crippen LogP contribution in [0.15, 0.2) is 22.7 Å². The summed E-state index contributed by atoms with van der Waals surface area (Å²) in [6.07, 6.45) is -0.00259. The third-order valence-electron chi connectivity index (χ3n) is 3.43. The number of hydrogen-bond donors (Lipinski definition) is 0. The highest BCUT2D eigenvalue weighted by atomic mass is 79.9. The lowest BCUT2D eigenvalue weighted by Gasteiger charge is -2.39.